The standard InChI is InChI=1S/C21H24N4O2/c22-12-17-13-24(14-19(17)15-4-2-1-3-5-15)20(26)16-6-8-18(9-7-16)25-11-10-23-21(25)27/h1-9,17,19H,10-14,22H2,(H,23,27)/t17-,19+/m1/s1. The van der Waals surface area contributed by atoms with Crippen LogP contribution in [-0.2, 0) is 0 Å². The number of hydrogen-bond donors (Lipinski definition) is 2. The van der Waals surface area contributed by atoms with Gasteiger partial charge in [-0.1, -0.05) is 30.3 Å². The van der Waals surface area contributed by atoms with E-state index < -0.39 is 0 Å². The van der Waals surface area contributed by atoms with Gasteiger partial charge in [-0.3, -0.25) is 9.69 Å². The predicted octanol–water partition coefficient (Wildman–Crippen LogP) is 2.03. The van der Waals surface area contributed by atoms with Gasteiger partial charge in [-0.2, -0.15) is 0 Å². The molecule has 2 saturated heterocycles. The Morgan fingerprint density at radius 2 is 1.81 bits per heavy atom. The maximum atomic E-state index is 13.0. The van der Waals surface area contributed by atoms with Gasteiger partial charge in [0, 0.05) is 43.3 Å². The number of benzene rings is 2. The molecule has 6 nitrogen and oxygen atoms in total. The molecule has 2 aromatic rings. The molecule has 0 radical (unpaired) electrons. The van der Waals surface area contributed by atoms with Crippen molar-refractivity contribution in [2.75, 3.05) is 37.6 Å². The summed E-state index contributed by atoms with van der Waals surface area (Å²) in [6, 6.07) is 17.5. The number of amides is 3. The van der Waals surface area contributed by atoms with E-state index in [9.17, 15) is 9.59 Å². The number of carbonyl (C=O) groups excluding carboxylic acids is 2. The molecule has 2 atom stereocenters. The number of nitrogens with zero attached hydrogens (tertiary/aromatic N) is 2. The number of rotatable bonds is 4. The van der Waals surface area contributed by atoms with Gasteiger partial charge in [-0.05, 0) is 42.3 Å². The molecule has 3 N–H and O–H groups in total. The molecule has 2 fully saturated rings. The van der Waals surface area contributed by atoms with Crippen molar-refractivity contribution in [2.45, 2.75) is 5.92 Å². The molecule has 0 spiro atoms. The average Bonchev–Trinajstić information content (AvgIpc) is 3.34. The molecule has 3 amide bonds. The van der Waals surface area contributed by atoms with Crippen molar-refractivity contribution in [2.24, 2.45) is 11.7 Å². The Morgan fingerprint density at radius 3 is 2.44 bits per heavy atom. The zero-order chi connectivity index (χ0) is 18.8. The van der Waals surface area contributed by atoms with E-state index in [4.69, 9.17) is 5.73 Å². The monoisotopic (exact) mass is 364 g/mol. The van der Waals surface area contributed by atoms with Crippen molar-refractivity contribution in [3.63, 3.8) is 0 Å². The smallest absolute Gasteiger partial charge is 0.321 e. The van der Waals surface area contributed by atoms with Gasteiger partial charge < -0.3 is 16.0 Å². The van der Waals surface area contributed by atoms with Crippen LogP contribution in [0.25, 0.3) is 0 Å². The third kappa shape index (κ3) is 3.40. The Morgan fingerprint density at radius 1 is 1.07 bits per heavy atom. The number of hydrogen-bond acceptors (Lipinski definition) is 3. The highest BCUT2D eigenvalue weighted by molar-refractivity contribution is 5.97. The van der Waals surface area contributed by atoms with Gasteiger partial charge in [0.25, 0.3) is 5.91 Å². The van der Waals surface area contributed by atoms with Gasteiger partial charge >= 0.3 is 6.03 Å². The molecular weight excluding hydrogens is 340 g/mol. The first-order valence-corrected chi connectivity index (χ1v) is 9.37. The fourth-order valence-electron chi connectivity index (χ4n) is 4.04. The first kappa shape index (κ1) is 17.5. The van der Waals surface area contributed by atoms with Gasteiger partial charge in [0.2, 0.25) is 0 Å². The molecule has 4 rings (SSSR count). The van der Waals surface area contributed by atoms with Crippen molar-refractivity contribution in [3.05, 3.63) is 65.7 Å². The van der Waals surface area contributed by atoms with E-state index in [0.29, 0.717) is 38.3 Å². The summed E-state index contributed by atoms with van der Waals surface area (Å²) in [5.74, 6) is 0.556. The predicted molar refractivity (Wildman–Crippen MR) is 105 cm³/mol. The Kier molecular flexibility index (Phi) is 4.81. The van der Waals surface area contributed by atoms with E-state index in [0.717, 1.165) is 5.69 Å². The van der Waals surface area contributed by atoms with Gasteiger partial charge in [-0.25, -0.2) is 4.79 Å². The third-order valence-corrected chi connectivity index (χ3v) is 5.54. The van der Waals surface area contributed by atoms with Gasteiger partial charge in [-0.15, -0.1) is 0 Å². The van der Waals surface area contributed by atoms with Crippen LogP contribution in [0.5, 0.6) is 0 Å². The maximum absolute atomic E-state index is 13.0. The van der Waals surface area contributed by atoms with Gasteiger partial charge in [0.15, 0.2) is 0 Å². The lowest BCUT2D eigenvalue weighted by atomic mass is 9.89. The summed E-state index contributed by atoms with van der Waals surface area (Å²) in [5, 5.41) is 2.78. The molecular formula is C21H24N4O2. The molecule has 6 heteroatoms. The second-order valence-corrected chi connectivity index (χ2v) is 7.15. The molecule has 2 aromatic carbocycles. The largest absolute Gasteiger partial charge is 0.338 e. The SMILES string of the molecule is NC[C@@H]1CN(C(=O)c2ccc(N3CCNC3=O)cc2)C[C@H]1c1ccccc1. The zero-order valence-corrected chi connectivity index (χ0v) is 15.2. The van der Waals surface area contributed by atoms with E-state index in [2.05, 4.69) is 17.4 Å². The van der Waals surface area contributed by atoms with Crippen LogP contribution in [0.4, 0.5) is 10.5 Å². The minimum Gasteiger partial charge on any atom is -0.338 e. The molecule has 0 unspecified atom stereocenters. The average molecular weight is 364 g/mol. The quantitative estimate of drug-likeness (QED) is 0.871. The minimum absolute atomic E-state index is 0.0179. The Hall–Kier alpha value is -2.86. The van der Waals surface area contributed by atoms with Crippen LogP contribution in [0, 0.1) is 5.92 Å². The van der Waals surface area contributed by atoms with Crippen LogP contribution in [0.15, 0.2) is 54.6 Å². The Labute approximate surface area is 158 Å². The summed E-state index contributed by atoms with van der Waals surface area (Å²) in [4.78, 5) is 28.3. The second kappa shape index (κ2) is 7.40. The fraction of sp³-hybridized carbons (Fsp3) is 0.333. The van der Waals surface area contributed by atoms with Crippen molar-refractivity contribution < 1.29 is 9.59 Å². The highest BCUT2D eigenvalue weighted by atomic mass is 16.2. The fourth-order valence-corrected chi connectivity index (χ4v) is 4.04. The van der Waals surface area contributed by atoms with Gasteiger partial charge in [0.1, 0.15) is 0 Å². The number of carbonyl (C=O) groups is 2. The van der Waals surface area contributed by atoms with Crippen LogP contribution < -0.4 is 16.0 Å². The summed E-state index contributed by atoms with van der Waals surface area (Å²) in [6.45, 7) is 3.21. The van der Waals surface area contributed by atoms with Crippen LogP contribution in [0.3, 0.4) is 0 Å². The molecule has 2 heterocycles. The molecule has 0 saturated carbocycles. The van der Waals surface area contributed by atoms with Crippen molar-refractivity contribution >= 4 is 17.6 Å². The topological polar surface area (TPSA) is 78.7 Å². The van der Waals surface area contributed by atoms with E-state index in [1.165, 1.54) is 5.56 Å². The highest BCUT2D eigenvalue weighted by Crippen LogP contribution is 2.33. The van der Waals surface area contributed by atoms with Crippen molar-refractivity contribution in [1.82, 2.24) is 10.2 Å². The minimum atomic E-state index is -0.0925. The van der Waals surface area contributed by atoms with Crippen LogP contribution in [-0.4, -0.2) is 49.6 Å². The third-order valence-electron chi connectivity index (χ3n) is 5.54. The summed E-state index contributed by atoms with van der Waals surface area (Å²) >= 11 is 0. The maximum Gasteiger partial charge on any atom is 0.321 e. The van der Waals surface area contributed by atoms with E-state index in [-0.39, 0.29) is 23.8 Å². The number of anilines is 1. The number of nitrogens with one attached hydrogen (secondary N) is 1. The number of likely N-dealkylation sites (tertiary alicyclic amines) is 1. The highest BCUT2D eigenvalue weighted by Gasteiger charge is 2.35. The van der Waals surface area contributed by atoms with E-state index >= 15 is 0 Å². The van der Waals surface area contributed by atoms with Crippen LogP contribution >= 0.6 is 0 Å². The lowest BCUT2D eigenvalue weighted by Gasteiger charge is -2.18. The zero-order valence-electron chi connectivity index (χ0n) is 15.2. The summed E-state index contributed by atoms with van der Waals surface area (Å²) in [5.41, 5.74) is 8.67. The van der Waals surface area contributed by atoms with Crippen molar-refractivity contribution in [3.8, 4) is 0 Å². The number of urea groups is 1. The Balaban J connectivity index is 1.49. The van der Waals surface area contributed by atoms with Crippen LogP contribution in [0.2, 0.25) is 0 Å². The molecule has 0 aromatic heterocycles. The van der Waals surface area contributed by atoms with Gasteiger partial charge in [0.05, 0.1) is 0 Å². The molecule has 2 aliphatic heterocycles. The Bertz CT molecular complexity index is 822. The first-order valence-electron chi connectivity index (χ1n) is 9.37. The molecule has 27 heavy (non-hydrogen) atoms. The lowest BCUT2D eigenvalue weighted by molar-refractivity contribution is 0.0786. The van der Waals surface area contributed by atoms with E-state index in [1.54, 1.807) is 17.0 Å². The summed E-state index contributed by atoms with van der Waals surface area (Å²) in [7, 11) is 0. The molecule has 2 aliphatic rings. The normalized spacial score (nSPS) is 22.2. The molecule has 0 aliphatic carbocycles. The summed E-state index contributed by atoms with van der Waals surface area (Å²) in [6.07, 6.45) is 0. The van der Waals surface area contributed by atoms with Crippen molar-refractivity contribution in [1.29, 1.82) is 0 Å². The second-order valence-electron chi connectivity index (χ2n) is 7.15. The lowest BCUT2D eigenvalue weighted by Crippen LogP contribution is -2.30. The molecule has 140 valence electrons. The number of nitrogens with two attached hydrogens (primary N) is 1. The van der Waals surface area contributed by atoms with Crippen LogP contribution in [0.1, 0.15) is 21.8 Å². The van der Waals surface area contributed by atoms with E-state index in [1.807, 2.05) is 35.2 Å². The summed E-state index contributed by atoms with van der Waals surface area (Å²) < 4.78 is 0. The first-order chi connectivity index (χ1) is 13.2. The molecule has 0 bridgehead atoms.